The summed E-state index contributed by atoms with van der Waals surface area (Å²) in [7, 11) is 3.03. The Balaban J connectivity index is 0.000000176. The molecule has 10 aromatic rings. The van der Waals surface area contributed by atoms with E-state index in [1.165, 1.54) is 35.6 Å². The molecule has 8 heterocycles. The van der Waals surface area contributed by atoms with Crippen LogP contribution in [0.1, 0.15) is 43.2 Å². The highest BCUT2D eigenvalue weighted by Crippen LogP contribution is 2.39. The minimum atomic E-state index is -4.67. The van der Waals surface area contributed by atoms with Gasteiger partial charge in [0.1, 0.15) is 24.8 Å². The molecular formula is C66H66F6N14O9. The van der Waals surface area contributed by atoms with Gasteiger partial charge in [0, 0.05) is 84.3 Å². The number of halogens is 6. The van der Waals surface area contributed by atoms with Gasteiger partial charge >= 0.3 is 18.3 Å². The monoisotopic (exact) mass is 1310 g/mol. The van der Waals surface area contributed by atoms with Crippen molar-refractivity contribution in [3.8, 4) is 68.0 Å². The molecule has 0 aliphatic carbocycles. The average Bonchev–Trinajstić information content (AvgIpc) is 1.66. The number of imidazole rings is 2. The highest BCUT2D eigenvalue weighted by molar-refractivity contribution is 5.94. The fraction of sp³-hybridized carbons (Fsp3) is 0.273. The van der Waals surface area contributed by atoms with Crippen molar-refractivity contribution in [2.24, 2.45) is 5.73 Å². The maximum atomic E-state index is 13.5. The van der Waals surface area contributed by atoms with Crippen molar-refractivity contribution in [3.63, 3.8) is 0 Å². The lowest BCUT2D eigenvalue weighted by Crippen LogP contribution is -2.36. The van der Waals surface area contributed by atoms with Crippen molar-refractivity contribution in [2.75, 3.05) is 114 Å². The number of hydrogen-bond acceptors (Lipinski definition) is 19. The van der Waals surface area contributed by atoms with Crippen LogP contribution in [0.5, 0.6) is 23.0 Å². The van der Waals surface area contributed by atoms with Crippen LogP contribution in [0.3, 0.4) is 0 Å². The summed E-state index contributed by atoms with van der Waals surface area (Å²) in [6, 6.07) is 33.9. The molecule has 6 aromatic heterocycles. The molecule has 1 amide bonds. The average molecular weight is 1310 g/mol. The van der Waals surface area contributed by atoms with Gasteiger partial charge in [0.05, 0.1) is 98.0 Å². The van der Waals surface area contributed by atoms with Crippen molar-refractivity contribution < 1.29 is 69.5 Å². The number of ether oxygens (including phenoxy) is 6. The van der Waals surface area contributed by atoms with Crippen LogP contribution < -0.4 is 51.3 Å². The van der Waals surface area contributed by atoms with Crippen LogP contribution in [-0.2, 0) is 21.8 Å². The maximum absolute atomic E-state index is 13.5. The fourth-order valence-corrected chi connectivity index (χ4v) is 10.5. The molecule has 23 nitrogen and oxygen atoms in total. The number of aryl methyl sites for hydroxylation is 2. The van der Waals surface area contributed by atoms with Crippen molar-refractivity contribution >= 4 is 46.2 Å². The molecule has 0 saturated carbocycles. The van der Waals surface area contributed by atoms with E-state index in [1.807, 2.05) is 24.3 Å². The largest absolute Gasteiger partial charge is 0.493 e. The first kappa shape index (κ1) is 67.1. The number of nitrogen functional groups attached to an aromatic ring is 2. The number of nitrogens with two attached hydrogens (primary N) is 3. The van der Waals surface area contributed by atoms with E-state index in [0.717, 1.165) is 68.5 Å². The molecule has 496 valence electrons. The second kappa shape index (κ2) is 29.4. The lowest BCUT2D eigenvalue weighted by atomic mass is 10.1. The molecule has 0 radical (unpaired) electrons. The van der Waals surface area contributed by atoms with Crippen molar-refractivity contribution in [1.29, 1.82) is 0 Å². The molecule has 2 fully saturated rings. The predicted molar refractivity (Wildman–Crippen MR) is 343 cm³/mol. The van der Waals surface area contributed by atoms with Gasteiger partial charge in [-0.1, -0.05) is 0 Å². The van der Waals surface area contributed by atoms with Gasteiger partial charge in [-0.25, -0.2) is 33.8 Å². The van der Waals surface area contributed by atoms with Gasteiger partial charge in [-0.15, -0.1) is 0 Å². The zero-order valence-corrected chi connectivity index (χ0v) is 51.9. The van der Waals surface area contributed by atoms with Gasteiger partial charge in [0.2, 0.25) is 0 Å². The van der Waals surface area contributed by atoms with Crippen LogP contribution in [0.15, 0.2) is 134 Å². The van der Waals surface area contributed by atoms with Crippen LogP contribution >= 0.6 is 0 Å². The van der Waals surface area contributed by atoms with Crippen molar-refractivity contribution in [1.82, 2.24) is 44.5 Å². The van der Waals surface area contributed by atoms with Crippen LogP contribution in [0.2, 0.25) is 0 Å². The number of morpholine rings is 2. The summed E-state index contributed by atoms with van der Waals surface area (Å²) >= 11 is 0. The molecular weight excluding hydrogens is 1250 g/mol. The zero-order valence-electron chi connectivity index (χ0n) is 51.9. The predicted octanol–water partition coefficient (Wildman–Crippen LogP) is 9.96. The number of carbonyl (C=O) groups excluding carboxylic acids is 1. The Labute approximate surface area is 540 Å². The van der Waals surface area contributed by atoms with E-state index in [1.54, 1.807) is 98.8 Å². The summed E-state index contributed by atoms with van der Waals surface area (Å²) in [6.07, 6.45) is -6.75. The van der Waals surface area contributed by atoms with E-state index in [-0.39, 0.29) is 30.2 Å². The first-order chi connectivity index (χ1) is 45.6. The highest BCUT2D eigenvalue weighted by atomic mass is 19.4. The number of hydrogen-bond donors (Lipinski definition) is 5. The summed E-state index contributed by atoms with van der Waals surface area (Å²) in [5, 5.41) is 20.9. The van der Waals surface area contributed by atoms with E-state index >= 15 is 0 Å². The lowest BCUT2D eigenvalue weighted by Gasteiger charge is -2.28. The number of methoxy groups -OCH3 is 2. The summed E-state index contributed by atoms with van der Waals surface area (Å²) in [5.41, 5.74) is 22.9. The summed E-state index contributed by atoms with van der Waals surface area (Å²) in [4.78, 5) is 44.1. The van der Waals surface area contributed by atoms with Crippen molar-refractivity contribution in [2.45, 2.75) is 26.2 Å². The number of carbonyl (C=O) groups is 2. The number of nitrogens with zero attached hydrogens (tertiary/aromatic N) is 10. The molecule has 95 heavy (non-hydrogen) atoms. The van der Waals surface area contributed by atoms with Gasteiger partial charge in [-0.2, -0.15) is 36.5 Å². The Morgan fingerprint density at radius 1 is 0.558 bits per heavy atom. The normalized spacial score (nSPS) is 13.3. The van der Waals surface area contributed by atoms with E-state index < -0.39 is 41.1 Å². The Morgan fingerprint density at radius 3 is 1.38 bits per heavy atom. The van der Waals surface area contributed by atoms with Gasteiger partial charge in [-0.05, 0) is 135 Å². The molecule has 12 rings (SSSR count). The van der Waals surface area contributed by atoms with E-state index in [4.69, 9.17) is 50.7 Å². The van der Waals surface area contributed by atoms with E-state index in [0.29, 0.717) is 112 Å². The standard InChI is InChI=1S/C33H32F3N7O4.C22H21F3N6O2.C11H13NO3/c1-20-30(23-17-25(33(34,35)36)31(37)39-19-23)43-29(40-20)10-8-26(41-43)22-5-9-27(28(18-22)45-2)47-14-11-38-32(44)21-3-6-24(7-4-21)42-12-15-46-16-13-42;1-12-20(14-9-15(22(23,24)25)21(27)28-11-14)31-19(29-12)6-4-16(30-31)13-3-5-17(33-8-7-26)18(10-13)32-2;13-11(14)9-1-3-10(4-2-9)12-5-7-15-8-6-12/h3-10,17-19H,11-16H2,1-2H3,(H2,37,39)(H,38,44);3-6,9-11H,7-8,26H2,1-2H3,(H2,27,28);1-4H,5-8H2,(H,13,14). The Hall–Kier alpha value is -10.8. The van der Waals surface area contributed by atoms with E-state index in [2.05, 4.69) is 45.2 Å². The van der Waals surface area contributed by atoms with Crippen molar-refractivity contribution in [3.05, 3.63) is 167 Å². The SMILES string of the molecule is COc1cc(-c2ccc3nc(C)c(-c4cnc(N)c(C(F)(F)F)c4)n3n2)ccc1OCCN.COc1cc(-c2ccc3nc(C)c(-c4cnc(N)c(C(F)(F)F)c4)n3n2)ccc1OCCNC(=O)c1ccc(N2CCOCC2)cc1.O=C(O)c1ccc(N2CCOCC2)cc1. The quantitative estimate of drug-likeness (QED) is 0.0418. The van der Waals surface area contributed by atoms with E-state index in [9.17, 15) is 35.9 Å². The van der Waals surface area contributed by atoms with Gasteiger partial charge in [0.15, 0.2) is 34.3 Å². The van der Waals surface area contributed by atoms with Gasteiger partial charge in [0.25, 0.3) is 5.91 Å². The molecule has 8 N–H and O–H groups in total. The number of amides is 1. The summed E-state index contributed by atoms with van der Waals surface area (Å²) in [5.74, 6) is -0.333. The van der Waals surface area contributed by atoms with Crippen LogP contribution in [0, 0.1) is 13.8 Å². The number of alkyl halides is 6. The molecule has 0 bridgehead atoms. The topological polar surface area (TPSA) is 292 Å². The molecule has 29 heteroatoms. The van der Waals surface area contributed by atoms with Gasteiger partial charge < -0.3 is 65.8 Å². The Bertz CT molecular complexity index is 4350. The number of nitrogens with one attached hydrogen (secondary N) is 1. The fourth-order valence-electron chi connectivity index (χ4n) is 10.5. The number of carboxylic acids is 1. The number of rotatable bonds is 17. The van der Waals surface area contributed by atoms with Crippen LogP contribution in [-0.4, -0.2) is 149 Å². The van der Waals surface area contributed by atoms with Crippen LogP contribution in [0.25, 0.3) is 56.3 Å². The number of aromatic carboxylic acids is 1. The molecule has 2 aliphatic heterocycles. The number of benzene rings is 4. The second-order valence-corrected chi connectivity index (χ2v) is 21.4. The van der Waals surface area contributed by atoms with Crippen LogP contribution in [0.4, 0.5) is 49.4 Å². The molecule has 0 atom stereocenters. The number of carboxylic acid groups (broad SMARTS) is 1. The first-order valence-corrected chi connectivity index (χ1v) is 29.7. The molecule has 2 saturated heterocycles. The zero-order chi connectivity index (χ0) is 67.6. The molecule has 4 aromatic carbocycles. The minimum absolute atomic E-state index is 0.180. The summed E-state index contributed by atoms with van der Waals surface area (Å²) < 4.78 is 117. The first-order valence-electron chi connectivity index (χ1n) is 29.7. The lowest BCUT2D eigenvalue weighted by molar-refractivity contribution is -0.137. The molecule has 0 unspecified atom stereocenters. The second-order valence-electron chi connectivity index (χ2n) is 21.4. The third-order valence-electron chi connectivity index (χ3n) is 15.2. The summed E-state index contributed by atoms with van der Waals surface area (Å²) in [6.45, 7) is 10.8. The maximum Gasteiger partial charge on any atom is 0.419 e. The Kier molecular flexibility index (Phi) is 20.8. The third kappa shape index (κ3) is 15.8. The number of pyridine rings is 2. The number of fused-ring (bicyclic) bond motifs is 2. The Morgan fingerprint density at radius 2 is 0.979 bits per heavy atom. The smallest absolute Gasteiger partial charge is 0.419 e. The number of aromatic nitrogens is 8. The number of anilines is 4. The highest BCUT2D eigenvalue weighted by Gasteiger charge is 2.36. The third-order valence-corrected chi connectivity index (χ3v) is 15.2. The molecule has 0 spiro atoms. The minimum Gasteiger partial charge on any atom is -0.493 e. The van der Waals surface area contributed by atoms with Gasteiger partial charge in [-0.3, -0.25) is 4.79 Å². The molecule has 2 aliphatic rings.